The zero-order valence-corrected chi connectivity index (χ0v) is 13.1. The molecule has 0 atom stereocenters. The Hall–Kier alpha value is -2.81. The Morgan fingerprint density at radius 1 is 0.913 bits per heavy atom. The fraction of sp³-hybridized carbons (Fsp3) is 0.150. The number of hydrogen-bond acceptors (Lipinski definition) is 3. The van der Waals surface area contributed by atoms with Crippen molar-refractivity contribution in [1.29, 1.82) is 0 Å². The van der Waals surface area contributed by atoms with Crippen LogP contribution in [0.3, 0.4) is 0 Å². The first kappa shape index (κ1) is 13.8. The average Bonchev–Trinajstić information content (AvgIpc) is 2.60. The van der Waals surface area contributed by atoms with Gasteiger partial charge in [-0.3, -0.25) is 4.79 Å². The van der Waals surface area contributed by atoms with E-state index in [1.54, 1.807) is 0 Å². The maximum atomic E-state index is 12.6. The second-order valence-corrected chi connectivity index (χ2v) is 5.98. The van der Waals surface area contributed by atoms with E-state index in [1.165, 1.54) is 16.5 Å². The van der Waals surface area contributed by atoms with Crippen molar-refractivity contribution in [2.45, 2.75) is 0 Å². The van der Waals surface area contributed by atoms with Crippen LogP contribution in [0, 0.1) is 0 Å². The molecule has 3 aromatic carbocycles. The highest BCUT2D eigenvalue weighted by molar-refractivity contribution is 6.07. The molecule has 3 heteroatoms. The summed E-state index contributed by atoms with van der Waals surface area (Å²) in [4.78, 5) is 16.9. The largest absolute Gasteiger partial charge is 0.356 e. The summed E-state index contributed by atoms with van der Waals surface area (Å²) in [7, 11) is 2.07. The Morgan fingerprint density at radius 2 is 1.61 bits per heavy atom. The van der Waals surface area contributed by atoms with Gasteiger partial charge in [-0.05, 0) is 17.5 Å². The van der Waals surface area contributed by atoms with Gasteiger partial charge in [0.25, 0.3) is 0 Å². The second-order valence-electron chi connectivity index (χ2n) is 5.98. The molecule has 1 aliphatic heterocycles. The monoisotopic (exact) mass is 302 g/mol. The number of anilines is 2. The molecule has 3 nitrogen and oxygen atoms in total. The van der Waals surface area contributed by atoms with Gasteiger partial charge in [-0.25, -0.2) is 0 Å². The second kappa shape index (κ2) is 5.43. The standard InChI is InChI=1S/C20H18N2O/c1-21-14-22(13-19(23)15-7-3-2-4-8-15)18-12-6-10-16-9-5-11-17(21)20(16)18/h2-12H,13-14H2,1H3. The third-order valence-corrected chi connectivity index (χ3v) is 4.43. The highest BCUT2D eigenvalue weighted by atomic mass is 16.1. The Morgan fingerprint density at radius 3 is 2.35 bits per heavy atom. The van der Waals surface area contributed by atoms with Crippen LogP contribution in [-0.4, -0.2) is 26.0 Å². The van der Waals surface area contributed by atoms with Gasteiger partial charge in [0.2, 0.25) is 0 Å². The predicted molar refractivity (Wildman–Crippen MR) is 95.3 cm³/mol. The molecular weight excluding hydrogens is 284 g/mol. The summed E-state index contributed by atoms with van der Waals surface area (Å²) in [5.41, 5.74) is 3.13. The first-order valence-corrected chi connectivity index (χ1v) is 7.80. The lowest BCUT2D eigenvalue weighted by Crippen LogP contribution is -2.41. The van der Waals surface area contributed by atoms with Gasteiger partial charge in [-0.15, -0.1) is 0 Å². The molecule has 0 saturated heterocycles. The van der Waals surface area contributed by atoms with Crippen LogP contribution in [0.4, 0.5) is 11.4 Å². The van der Waals surface area contributed by atoms with Crippen LogP contribution in [0.1, 0.15) is 10.4 Å². The van der Waals surface area contributed by atoms with Crippen molar-refractivity contribution in [3.8, 4) is 0 Å². The fourth-order valence-electron chi connectivity index (χ4n) is 3.32. The summed E-state index contributed by atoms with van der Waals surface area (Å²) < 4.78 is 0. The van der Waals surface area contributed by atoms with E-state index in [2.05, 4.69) is 53.2 Å². The summed E-state index contributed by atoms with van der Waals surface area (Å²) in [5, 5.41) is 2.44. The number of rotatable bonds is 3. The quantitative estimate of drug-likeness (QED) is 0.685. The van der Waals surface area contributed by atoms with E-state index >= 15 is 0 Å². The van der Waals surface area contributed by atoms with Crippen LogP contribution in [-0.2, 0) is 0 Å². The van der Waals surface area contributed by atoms with Gasteiger partial charge in [0.05, 0.1) is 13.2 Å². The molecule has 0 unspecified atom stereocenters. The molecular formula is C20H18N2O. The lowest BCUT2D eigenvalue weighted by Gasteiger charge is -2.37. The summed E-state index contributed by atoms with van der Waals surface area (Å²) in [5.74, 6) is 0.149. The number of carbonyl (C=O) groups is 1. The Labute approximate surface area is 135 Å². The van der Waals surface area contributed by atoms with Gasteiger partial charge in [0, 0.05) is 29.4 Å². The van der Waals surface area contributed by atoms with Gasteiger partial charge in [-0.2, -0.15) is 0 Å². The highest BCUT2D eigenvalue weighted by Crippen LogP contribution is 2.38. The minimum absolute atomic E-state index is 0.149. The van der Waals surface area contributed by atoms with E-state index in [0.29, 0.717) is 13.2 Å². The van der Waals surface area contributed by atoms with Crippen LogP contribution in [0.15, 0.2) is 66.7 Å². The SMILES string of the molecule is CN1CN(CC(=O)c2ccccc2)c2cccc3cccc1c23. The van der Waals surface area contributed by atoms with E-state index in [9.17, 15) is 4.79 Å². The molecule has 1 aliphatic rings. The van der Waals surface area contributed by atoms with Crippen LogP contribution in [0.25, 0.3) is 10.8 Å². The number of benzene rings is 3. The van der Waals surface area contributed by atoms with Crippen molar-refractivity contribution in [1.82, 2.24) is 0 Å². The van der Waals surface area contributed by atoms with Crippen molar-refractivity contribution < 1.29 is 4.79 Å². The van der Waals surface area contributed by atoms with Crippen LogP contribution < -0.4 is 9.80 Å². The van der Waals surface area contributed by atoms with Crippen molar-refractivity contribution in [2.75, 3.05) is 30.1 Å². The zero-order chi connectivity index (χ0) is 15.8. The normalized spacial score (nSPS) is 13.4. The molecule has 4 rings (SSSR count). The Kier molecular flexibility index (Phi) is 3.27. The van der Waals surface area contributed by atoms with E-state index in [0.717, 1.165) is 11.3 Å². The molecule has 23 heavy (non-hydrogen) atoms. The smallest absolute Gasteiger partial charge is 0.182 e. The van der Waals surface area contributed by atoms with E-state index < -0.39 is 0 Å². The van der Waals surface area contributed by atoms with Crippen LogP contribution in [0.5, 0.6) is 0 Å². The Bertz CT molecular complexity index is 868. The summed E-state index contributed by atoms with van der Waals surface area (Å²) in [6, 6.07) is 22.2. The van der Waals surface area contributed by atoms with Crippen LogP contribution in [0.2, 0.25) is 0 Å². The molecule has 0 bridgehead atoms. The molecule has 0 amide bonds. The molecule has 1 heterocycles. The van der Waals surface area contributed by atoms with Crippen molar-refractivity contribution in [3.05, 3.63) is 72.3 Å². The number of Topliss-reactive ketones (excluding diaryl/α,β-unsaturated/α-hetero) is 1. The fourth-order valence-corrected chi connectivity index (χ4v) is 3.32. The number of nitrogens with zero attached hydrogens (tertiary/aromatic N) is 2. The molecule has 0 saturated carbocycles. The van der Waals surface area contributed by atoms with Crippen LogP contribution >= 0.6 is 0 Å². The van der Waals surface area contributed by atoms with E-state index in [1.807, 2.05) is 30.3 Å². The Balaban J connectivity index is 1.74. The molecule has 0 aliphatic carbocycles. The molecule has 0 radical (unpaired) electrons. The van der Waals surface area contributed by atoms with Crippen molar-refractivity contribution in [2.24, 2.45) is 0 Å². The maximum Gasteiger partial charge on any atom is 0.182 e. The third kappa shape index (κ3) is 2.34. The molecule has 0 aromatic heterocycles. The lowest BCUT2D eigenvalue weighted by molar-refractivity contribution is 0.0999. The lowest BCUT2D eigenvalue weighted by atomic mass is 10.0. The summed E-state index contributed by atoms with van der Waals surface area (Å²) >= 11 is 0. The number of hydrogen-bond donors (Lipinski definition) is 0. The third-order valence-electron chi connectivity index (χ3n) is 4.43. The molecule has 0 N–H and O–H groups in total. The highest BCUT2D eigenvalue weighted by Gasteiger charge is 2.23. The predicted octanol–water partition coefficient (Wildman–Crippen LogP) is 3.94. The summed E-state index contributed by atoms with van der Waals surface area (Å²) in [6.45, 7) is 1.11. The topological polar surface area (TPSA) is 23.6 Å². The van der Waals surface area contributed by atoms with Crippen molar-refractivity contribution >= 4 is 27.9 Å². The number of ketones is 1. The van der Waals surface area contributed by atoms with E-state index in [4.69, 9.17) is 0 Å². The minimum Gasteiger partial charge on any atom is -0.356 e. The van der Waals surface area contributed by atoms with Gasteiger partial charge >= 0.3 is 0 Å². The first-order chi connectivity index (χ1) is 11.2. The molecule has 0 spiro atoms. The number of carbonyl (C=O) groups excluding carboxylic acids is 1. The molecule has 3 aromatic rings. The van der Waals surface area contributed by atoms with Gasteiger partial charge in [0.15, 0.2) is 5.78 Å². The molecule has 0 fully saturated rings. The minimum atomic E-state index is 0.149. The van der Waals surface area contributed by atoms with Gasteiger partial charge in [-0.1, -0.05) is 54.6 Å². The zero-order valence-electron chi connectivity index (χ0n) is 13.1. The average molecular weight is 302 g/mol. The summed E-state index contributed by atoms with van der Waals surface area (Å²) in [6.07, 6.45) is 0. The molecule has 114 valence electrons. The van der Waals surface area contributed by atoms with Gasteiger partial charge < -0.3 is 9.80 Å². The maximum absolute atomic E-state index is 12.6. The van der Waals surface area contributed by atoms with E-state index in [-0.39, 0.29) is 5.78 Å². The van der Waals surface area contributed by atoms with Crippen molar-refractivity contribution in [3.63, 3.8) is 0 Å². The van der Waals surface area contributed by atoms with Gasteiger partial charge in [0.1, 0.15) is 0 Å². The first-order valence-electron chi connectivity index (χ1n) is 7.80.